The Kier molecular flexibility index (Phi) is 4.75. The Hall–Kier alpha value is -1.93. The van der Waals surface area contributed by atoms with Crippen molar-refractivity contribution >= 4 is 5.97 Å². The van der Waals surface area contributed by atoms with Gasteiger partial charge in [0.1, 0.15) is 5.75 Å². The average molecular weight is 316 g/mol. The van der Waals surface area contributed by atoms with Gasteiger partial charge in [-0.25, -0.2) is 4.79 Å². The second-order valence-corrected chi connectivity index (χ2v) is 4.00. The van der Waals surface area contributed by atoms with Crippen LogP contribution in [-0.2, 0) is 10.9 Å². The first-order chi connectivity index (χ1) is 9.46. The summed E-state index contributed by atoms with van der Waals surface area (Å²) in [6.07, 6.45) is -12.2. The van der Waals surface area contributed by atoms with Crippen LogP contribution in [0.4, 0.5) is 26.3 Å². The molecule has 1 atom stereocenters. The fourth-order valence-electron chi connectivity index (χ4n) is 1.36. The molecule has 0 aliphatic rings. The smallest absolute Gasteiger partial charge is 0.425 e. The number of carbonyl (C=O) groups excluding carboxylic acids is 1. The average Bonchev–Trinajstić information content (AvgIpc) is 2.35. The Morgan fingerprint density at radius 2 is 1.71 bits per heavy atom. The standard InChI is InChI=1S/C12H10F6O3/c1-6(11(13,14)15)21-9-4-3-7(10(19)20-2)5-8(9)12(16,17)18/h3-6H,1-2H3/t6-/m0/s1. The Bertz CT molecular complexity index is 521. The van der Waals surface area contributed by atoms with E-state index in [1.54, 1.807) is 0 Å². The summed E-state index contributed by atoms with van der Waals surface area (Å²) >= 11 is 0. The number of benzene rings is 1. The third kappa shape index (κ3) is 4.27. The molecule has 1 rings (SSSR count). The van der Waals surface area contributed by atoms with E-state index >= 15 is 0 Å². The van der Waals surface area contributed by atoms with Gasteiger partial charge in [-0.3, -0.25) is 0 Å². The fourth-order valence-corrected chi connectivity index (χ4v) is 1.36. The molecule has 0 saturated heterocycles. The Morgan fingerprint density at radius 1 is 1.14 bits per heavy atom. The molecule has 3 nitrogen and oxygen atoms in total. The summed E-state index contributed by atoms with van der Waals surface area (Å²) in [5.41, 5.74) is -1.93. The molecule has 0 aromatic heterocycles. The molecule has 0 aliphatic heterocycles. The van der Waals surface area contributed by atoms with Crippen molar-refractivity contribution in [3.05, 3.63) is 29.3 Å². The quantitative estimate of drug-likeness (QED) is 0.628. The van der Waals surface area contributed by atoms with Crippen LogP contribution in [0.2, 0.25) is 0 Å². The van der Waals surface area contributed by atoms with Crippen LogP contribution in [0.5, 0.6) is 5.75 Å². The van der Waals surface area contributed by atoms with Crippen LogP contribution in [0.1, 0.15) is 22.8 Å². The van der Waals surface area contributed by atoms with Crippen LogP contribution in [0.25, 0.3) is 0 Å². The number of esters is 1. The number of rotatable bonds is 3. The highest BCUT2D eigenvalue weighted by atomic mass is 19.4. The largest absolute Gasteiger partial charge is 0.481 e. The molecular weight excluding hydrogens is 306 g/mol. The van der Waals surface area contributed by atoms with Crippen LogP contribution < -0.4 is 4.74 Å². The predicted molar refractivity (Wildman–Crippen MR) is 58.9 cm³/mol. The van der Waals surface area contributed by atoms with Gasteiger partial charge in [0.2, 0.25) is 0 Å². The first-order valence-electron chi connectivity index (χ1n) is 5.49. The maximum Gasteiger partial charge on any atom is 0.425 e. The number of methoxy groups -OCH3 is 1. The molecule has 0 amide bonds. The summed E-state index contributed by atoms with van der Waals surface area (Å²) in [5, 5.41) is 0. The van der Waals surface area contributed by atoms with E-state index in [2.05, 4.69) is 9.47 Å². The minimum Gasteiger partial charge on any atom is -0.481 e. The van der Waals surface area contributed by atoms with Crippen molar-refractivity contribution < 1.29 is 40.6 Å². The molecule has 0 saturated carbocycles. The zero-order chi connectivity index (χ0) is 16.4. The lowest BCUT2D eigenvalue weighted by Crippen LogP contribution is -2.32. The second-order valence-electron chi connectivity index (χ2n) is 4.00. The summed E-state index contributed by atoms with van der Waals surface area (Å²) < 4.78 is 84.1. The number of alkyl halides is 6. The molecule has 0 N–H and O–H groups in total. The van der Waals surface area contributed by atoms with Crippen molar-refractivity contribution in [1.29, 1.82) is 0 Å². The molecule has 0 spiro atoms. The van der Waals surface area contributed by atoms with Gasteiger partial charge in [-0.1, -0.05) is 0 Å². The van der Waals surface area contributed by atoms with E-state index < -0.39 is 41.3 Å². The van der Waals surface area contributed by atoms with Gasteiger partial charge in [0.05, 0.1) is 18.2 Å². The molecule has 0 unspecified atom stereocenters. The lowest BCUT2D eigenvalue weighted by Gasteiger charge is -2.21. The minimum absolute atomic E-state index is 0.379. The van der Waals surface area contributed by atoms with Gasteiger partial charge < -0.3 is 9.47 Å². The topological polar surface area (TPSA) is 35.5 Å². The van der Waals surface area contributed by atoms with Gasteiger partial charge in [0.25, 0.3) is 0 Å². The van der Waals surface area contributed by atoms with Gasteiger partial charge >= 0.3 is 18.3 Å². The van der Waals surface area contributed by atoms with E-state index in [1.807, 2.05) is 0 Å². The molecule has 0 heterocycles. The van der Waals surface area contributed by atoms with Crippen molar-refractivity contribution in [2.45, 2.75) is 25.4 Å². The SMILES string of the molecule is COC(=O)c1ccc(O[C@@H](C)C(F)(F)F)c(C(F)(F)F)c1. The zero-order valence-electron chi connectivity index (χ0n) is 10.8. The summed E-state index contributed by atoms with van der Waals surface area (Å²) in [6, 6.07) is 1.92. The lowest BCUT2D eigenvalue weighted by atomic mass is 10.1. The van der Waals surface area contributed by atoms with Gasteiger partial charge in [-0.2, -0.15) is 26.3 Å². The summed E-state index contributed by atoms with van der Waals surface area (Å²) in [4.78, 5) is 11.2. The molecule has 0 aliphatic carbocycles. The van der Waals surface area contributed by atoms with Crippen LogP contribution in [0, 0.1) is 0 Å². The van der Waals surface area contributed by atoms with Gasteiger partial charge in [0, 0.05) is 0 Å². The van der Waals surface area contributed by atoms with Crippen LogP contribution in [-0.4, -0.2) is 25.4 Å². The normalized spacial score (nSPS) is 13.7. The van der Waals surface area contributed by atoms with E-state index in [4.69, 9.17) is 0 Å². The maximum absolute atomic E-state index is 12.8. The number of ether oxygens (including phenoxy) is 2. The maximum atomic E-state index is 12.8. The minimum atomic E-state index is -4.98. The molecule has 1 aromatic carbocycles. The number of carbonyl (C=O) groups is 1. The lowest BCUT2D eigenvalue weighted by molar-refractivity contribution is -0.191. The zero-order valence-corrected chi connectivity index (χ0v) is 10.8. The van der Waals surface area contributed by atoms with Crippen molar-refractivity contribution in [3.63, 3.8) is 0 Å². The van der Waals surface area contributed by atoms with Crippen LogP contribution >= 0.6 is 0 Å². The third-order valence-electron chi connectivity index (χ3n) is 2.47. The van der Waals surface area contributed by atoms with Crippen molar-refractivity contribution in [2.24, 2.45) is 0 Å². The predicted octanol–water partition coefficient (Wildman–Crippen LogP) is 3.82. The van der Waals surface area contributed by atoms with Crippen molar-refractivity contribution in [3.8, 4) is 5.75 Å². The molecule has 0 fully saturated rings. The summed E-state index contributed by atoms with van der Waals surface area (Å²) in [6.45, 7) is 0.578. The highest BCUT2D eigenvalue weighted by Crippen LogP contribution is 2.38. The van der Waals surface area contributed by atoms with E-state index in [0.29, 0.717) is 19.1 Å². The Balaban J connectivity index is 3.24. The molecule has 9 heteroatoms. The third-order valence-corrected chi connectivity index (χ3v) is 2.47. The summed E-state index contributed by atoms with van der Waals surface area (Å²) in [7, 11) is 0.964. The van der Waals surface area contributed by atoms with E-state index in [9.17, 15) is 31.1 Å². The van der Waals surface area contributed by atoms with E-state index in [-0.39, 0.29) is 0 Å². The Labute approximate surface area is 115 Å². The number of halogens is 6. The van der Waals surface area contributed by atoms with Gasteiger partial charge in [0.15, 0.2) is 6.10 Å². The van der Waals surface area contributed by atoms with E-state index in [1.165, 1.54) is 0 Å². The van der Waals surface area contributed by atoms with Gasteiger partial charge in [-0.05, 0) is 25.1 Å². The molecule has 1 aromatic rings. The first kappa shape index (κ1) is 17.1. The van der Waals surface area contributed by atoms with Crippen molar-refractivity contribution in [2.75, 3.05) is 7.11 Å². The highest BCUT2D eigenvalue weighted by Gasteiger charge is 2.41. The summed E-state index contributed by atoms with van der Waals surface area (Å²) in [5.74, 6) is -2.06. The molecule has 21 heavy (non-hydrogen) atoms. The number of hydrogen-bond acceptors (Lipinski definition) is 3. The molecular formula is C12H10F6O3. The van der Waals surface area contributed by atoms with Crippen molar-refractivity contribution in [1.82, 2.24) is 0 Å². The van der Waals surface area contributed by atoms with Crippen LogP contribution in [0.3, 0.4) is 0 Å². The number of hydrogen-bond donors (Lipinski definition) is 0. The second kappa shape index (κ2) is 5.82. The monoisotopic (exact) mass is 316 g/mol. The highest BCUT2D eigenvalue weighted by molar-refractivity contribution is 5.89. The first-order valence-corrected chi connectivity index (χ1v) is 5.49. The fraction of sp³-hybridized carbons (Fsp3) is 0.417. The van der Waals surface area contributed by atoms with E-state index in [0.717, 1.165) is 13.2 Å². The molecule has 0 radical (unpaired) electrons. The van der Waals surface area contributed by atoms with Crippen LogP contribution in [0.15, 0.2) is 18.2 Å². The van der Waals surface area contributed by atoms with Gasteiger partial charge in [-0.15, -0.1) is 0 Å². The molecule has 118 valence electrons. The Morgan fingerprint density at radius 3 is 2.14 bits per heavy atom. The molecule has 0 bridgehead atoms.